The molecule has 0 radical (unpaired) electrons. The largest absolute Gasteiger partial charge is 0.339 e. The summed E-state index contributed by atoms with van der Waals surface area (Å²) in [5, 5.41) is -0.0105. The Balaban J connectivity index is 2.60. The maximum Gasteiger partial charge on any atom is 0.259 e. The molecule has 0 saturated heterocycles. The molecule has 0 aliphatic rings. The highest BCUT2D eigenvalue weighted by molar-refractivity contribution is 7.89. The van der Waals surface area contributed by atoms with Gasteiger partial charge < -0.3 is 4.57 Å². The van der Waals surface area contributed by atoms with E-state index in [0.717, 1.165) is 0 Å². The summed E-state index contributed by atoms with van der Waals surface area (Å²) in [7, 11) is -1.76. The van der Waals surface area contributed by atoms with E-state index in [4.69, 9.17) is 11.6 Å². The van der Waals surface area contributed by atoms with Crippen LogP contribution in [0.1, 0.15) is 13.3 Å². The number of imidazole rings is 1. The standard InChI is InChI=1S/C8H14ClN3O2S/c1-7(9)3-4-11-15(13,14)8-5-12(2)6-10-8/h5-7,11H,3-4H2,1-2H3. The van der Waals surface area contributed by atoms with E-state index < -0.39 is 10.0 Å². The molecular weight excluding hydrogens is 238 g/mol. The molecule has 1 heterocycles. The minimum atomic E-state index is -3.48. The van der Waals surface area contributed by atoms with Crippen LogP contribution in [0.5, 0.6) is 0 Å². The predicted molar refractivity (Wildman–Crippen MR) is 58.3 cm³/mol. The van der Waals surface area contributed by atoms with Crippen molar-refractivity contribution in [2.24, 2.45) is 7.05 Å². The number of hydrogen-bond donors (Lipinski definition) is 1. The van der Waals surface area contributed by atoms with Gasteiger partial charge in [0.05, 0.1) is 6.33 Å². The third-order valence-corrected chi connectivity index (χ3v) is 3.35. The summed E-state index contributed by atoms with van der Waals surface area (Å²) in [6.45, 7) is 2.14. The highest BCUT2D eigenvalue weighted by Gasteiger charge is 2.16. The lowest BCUT2D eigenvalue weighted by atomic mass is 10.3. The van der Waals surface area contributed by atoms with Crippen LogP contribution in [-0.2, 0) is 17.1 Å². The molecule has 0 aromatic carbocycles. The molecule has 5 nitrogen and oxygen atoms in total. The van der Waals surface area contributed by atoms with Gasteiger partial charge in [0.15, 0.2) is 5.03 Å². The topological polar surface area (TPSA) is 64.0 Å². The number of nitrogens with zero attached hydrogens (tertiary/aromatic N) is 2. The van der Waals surface area contributed by atoms with Gasteiger partial charge in [-0.15, -0.1) is 11.6 Å². The fourth-order valence-corrected chi connectivity index (χ4v) is 2.13. The second-order valence-corrected chi connectivity index (χ2v) is 5.80. The molecule has 0 saturated carbocycles. The first-order chi connectivity index (χ1) is 6.92. The van der Waals surface area contributed by atoms with Crippen LogP contribution in [-0.4, -0.2) is 29.9 Å². The summed E-state index contributed by atoms with van der Waals surface area (Å²) in [6, 6.07) is 0. The van der Waals surface area contributed by atoms with Crippen molar-refractivity contribution >= 4 is 21.6 Å². The molecule has 0 aliphatic heterocycles. The number of alkyl halides is 1. The van der Waals surface area contributed by atoms with Crippen molar-refractivity contribution in [3.8, 4) is 0 Å². The second kappa shape index (κ2) is 4.96. The van der Waals surface area contributed by atoms with E-state index in [2.05, 4.69) is 9.71 Å². The fourth-order valence-electron chi connectivity index (χ4n) is 0.994. The summed E-state index contributed by atoms with van der Waals surface area (Å²) in [5.74, 6) is 0. The first-order valence-corrected chi connectivity index (χ1v) is 6.45. The van der Waals surface area contributed by atoms with Crippen molar-refractivity contribution in [2.75, 3.05) is 6.54 Å². The van der Waals surface area contributed by atoms with Gasteiger partial charge in [0.2, 0.25) is 0 Å². The molecule has 7 heteroatoms. The van der Waals surface area contributed by atoms with Gasteiger partial charge in [-0.3, -0.25) is 0 Å². The zero-order chi connectivity index (χ0) is 11.5. The average Bonchev–Trinajstić information content (AvgIpc) is 2.51. The minimum Gasteiger partial charge on any atom is -0.339 e. The van der Waals surface area contributed by atoms with E-state index in [-0.39, 0.29) is 10.4 Å². The van der Waals surface area contributed by atoms with Gasteiger partial charge in [-0.25, -0.2) is 18.1 Å². The molecule has 0 fully saturated rings. The molecule has 1 aromatic heterocycles. The Morgan fingerprint density at radius 2 is 2.33 bits per heavy atom. The molecule has 1 N–H and O–H groups in total. The lowest BCUT2D eigenvalue weighted by Gasteiger charge is -2.04. The van der Waals surface area contributed by atoms with E-state index in [1.165, 1.54) is 12.5 Å². The van der Waals surface area contributed by atoms with Crippen molar-refractivity contribution in [1.82, 2.24) is 14.3 Å². The molecule has 15 heavy (non-hydrogen) atoms. The summed E-state index contributed by atoms with van der Waals surface area (Å²) >= 11 is 5.70. The molecular formula is C8H14ClN3O2S. The zero-order valence-corrected chi connectivity index (χ0v) is 10.2. The maximum atomic E-state index is 11.6. The lowest BCUT2D eigenvalue weighted by molar-refractivity contribution is 0.575. The predicted octanol–water partition coefficient (Wildman–Crippen LogP) is 0.716. The van der Waals surface area contributed by atoms with E-state index in [9.17, 15) is 8.42 Å². The van der Waals surface area contributed by atoms with E-state index in [0.29, 0.717) is 13.0 Å². The third kappa shape index (κ3) is 3.81. The molecule has 1 unspecified atom stereocenters. The molecule has 0 spiro atoms. The van der Waals surface area contributed by atoms with Crippen LogP contribution in [0.15, 0.2) is 17.6 Å². The van der Waals surface area contributed by atoms with Crippen molar-refractivity contribution in [1.29, 1.82) is 0 Å². The molecule has 86 valence electrons. The normalized spacial score (nSPS) is 14.1. The van der Waals surface area contributed by atoms with Crippen LogP contribution >= 0.6 is 11.6 Å². The van der Waals surface area contributed by atoms with Crippen molar-refractivity contribution in [2.45, 2.75) is 23.7 Å². The fraction of sp³-hybridized carbons (Fsp3) is 0.625. The third-order valence-electron chi connectivity index (χ3n) is 1.79. The first kappa shape index (κ1) is 12.5. The van der Waals surface area contributed by atoms with Crippen LogP contribution in [0.2, 0.25) is 0 Å². The van der Waals surface area contributed by atoms with Crippen LogP contribution in [0.3, 0.4) is 0 Å². The van der Waals surface area contributed by atoms with Gasteiger partial charge in [-0.05, 0) is 13.3 Å². The number of halogens is 1. The van der Waals surface area contributed by atoms with Crippen molar-refractivity contribution in [3.63, 3.8) is 0 Å². The number of sulfonamides is 1. The highest BCUT2D eigenvalue weighted by atomic mass is 35.5. The zero-order valence-electron chi connectivity index (χ0n) is 8.64. The summed E-state index contributed by atoms with van der Waals surface area (Å²) < 4.78 is 27.2. The van der Waals surface area contributed by atoms with Crippen LogP contribution < -0.4 is 4.72 Å². The quantitative estimate of drug-likeness (QED) is 0.785. The molecule has 0 aliphatic carbocycles. The first-order valence-electron chi connectivity index (χ1n) is 4.53. The SMILES string of the molecule is CC(Cl)CCNS(=O)(=O)c1cn(C)cn1. The summed E-state index contributed by atoms with van der Waals surface area (Å²) in [6.07, 6.45) is 3.48. The van der Waals surface area contributed by atoms with Gasteiger partial charge >= 0.3 is 0 Å². The molecule has 1 rings (SSSR count). The second-order valence-electron chi connectivity index (χ2n) is 3.34. The van der Waals surface area contributed by atoms with Gasteiger partial charge in [0, 0.05) is 25.2 Å². The number of aromatic nitrogens is 2. The van der Waals surface area contributed by atoms with Crippen LogP contribution in [0.4, 0.5) is 0 Å². The maximum absolute atomic E-state index is 11.6. The number of rotatable bonds is 5. The van der Waals surface area contributed by atoms with Gasteiger partial charge in [-0.1, -0.05) is 0 Å². The summed E-state index contributed by atoms with van der Waals surface area (Å²) in [5.41, 5.74) is 0. The Morgan fingerprint density at radius 3 is 2.80 bits per heavy atom. The summed E-state index contributed by atoms with van der Waals surface area (Å²) in [4.78, 5) is 3.76. The Morgan fingerprint density at radius 1 is 1.67 bits per heavy atom. The average molecular weight is 252 g/mol. The number of hydrogen-bond acceptors (Lipinski definition) is 3. The van der Waals surface area contributed by atoms with Crippen LogP contribution in [0.25, 0.3) is 0 Å². The smallest absolute Gasteiger partial charge is 0.259 e. The lowest BCUT2D eigenvalue weighted by Crippen LogP contribution is -2.26. The van der Waals surface area contributed by atoms with E-state index >= 15 is 0 Å². The van der Waals surface area contributed by atoms with Crippen molar-refractivity contribution in [3.05, 3.63) is 12.5 Å². The van der Waals surface area contributed by atoms with Gasteiger partial charge in [0.25, 0.3) is 10.0 Å². The van der Waals surface area contributed by atoms with E-state index in [1.807, 2.05) is 6.92 Å². The Hall–Kier alpha value is -0.590. The molecule has 1 aromatic rings. The van der Waals surface area contributed by atoms with Crippen molar-refractivity contribution < 1.29 is 8.42 Å². The monoisotopic (exact) mass is 251 g/mol. The molecule has 0 amide bonds. The Labute approximate surface area is 94.5 Å². The molecule has 1 atom stereocenters. The van der Waals surface area contributed by atoms with E-state index in [1.54, 1.807) is 11.6 Å². The minimum absolute atomic E-state index is 0.0345. The Kier molecular flexibility index (Phi) is 4.12. The van der Waals surface area contributed by atoms with Crippen LogP contribution in [0, 0.1) is 0 Å². The number of nitrogens with one attached hydrogen (secondary N) is 1. The Bertz CT molecular complexity index is 413. The van der Waals surface area contributed by atoms with Gasteiger partial charge in [0.1, 0.15) is 0 Å². The number of aryl methyl sites for hydroxylation is 1. The highest BCUT2D eigenvalue weighted by Crippen LogP contribution is 2.05. The molecule has 0 bridgehead atoms. The van der Waals surface area contributed by atoms with Gasteiger partial charge in [-0.2, -0.15) is 0 Å².